The lowest BCUT2D eigenvalue weighted by atomic mass is 10.1. The van der Waals surface area contributed by atoms with E-state index in [1.54, 1.807) is 6.20 Å². The van der Waals surface area contributed by atoms with E-state index in [9.17, 15) is 18.0 Å². The van der Waals surface area contributed by atoms with Crippen LogP contribution in [0.4, 0.5) is 13.2 Å². The van der Waals surface area contributed by atoms with E-state index in [-0.39, 0.29) is 5.56 Å². The number of benzene rings is 1. The van der Waals surface area contributed by atoms with Gasteiger partial charge in [-0.2, -0.15) is 18.3 Å². The van der Waals surface area contributed by atoms with Crippen molar-refractivity contribution >= 4 is 35.2 Å². The summed E-state index contributed by atoms with van der Waals surface area (Å²) in [5.74, 6) is -0.711. The summed E-state index contributed by atoms with van der Waals surface area (Å²) in [4.78, 5) is 17.0. The summed E-state index contributed by atoms with van der Waals surface area (Å²) in [6.07, 6.45) is -1.35. The zero-order valence-electron chi connectivity index (χ0n) is 13.6. The summed E-state index contributed by atoms with van der Waals surface area (Å²) in [6, 6.07) is 13.5. The second kappa shape index (κ2) is 8.36. The number of carbonyl (C=O) groups is 1. The number of hydrogen-bond acceptors (Lipinski definition) is 5. The van der Waals surface area contributed by atoms with E-state index in [0.717, 1.165) is 26.2 Å². The van der Waals surface area contributed by atoms with Crippen molar-refractivity contribution in [2.24, 2.45) is 5.10 Å². The number of amides is 1. The average Bonchev–Trinajstić information content (AvgIpc) is 3.09. The molecule has 1 N–H and O–H groups in total. The predicted molar refractivity (Wildman–Crippen MR) is 99.2 cm³/mol. The van der Waals surface area contributed by atoms with Crippen LogP contribution in [0.1, 0.15) is 20.8 Å². The minimum atomic E-state index is -4.50. The topological polar surface area (TPSA) is 54.4 Å². The van der Waals surface area contributed by atoms with Gasteiger partial charge in [0, 0.05) is 16.6 Å². The molecule has 0 saturated carbocycles. The second-order valence-corrected chi connectivity index (χ2v) is 7.64. The van der Waals surface area contributed by atoms with Gasteiger partial charge in [0.15, 0.2) is 0 Å². The first kappa shape index (κ1) is 19.1. The van der Waals surface area contributed by atoms with Crippen LogP contribution in [-0.2, 0) is 6.18 Å². The van der Waals surface area contributed by atoms with E-state index in [1.165, 1.54) is 41.4 Å². The van der Waals surface area contributed by atoms with Crippen LogP contribution in [-0.4, -0.2) is 17.1 Å². The Balaban J connectivity index is 1.60. The largest absolute Gasteiger partial charge is 0.416 e. The number of aromatic nitrogens is 1. The summed E-state index contributed by atoms with van der Waals surface area (Å²) in [6.45, 7) is 0. The Bertz CT molecular complexity index is 956. The van der Waals surface area contributed by atoms with Crippen molar-refractivity contribution in [3.05, 3.63) is 76.8 Å². The number of pyridine rings is 1. The lowest BCUT2D eigenvalue weighted by Crippen LogP contribution is -2.18. The van der Waals surface area contributed by atoms with Crippen molar-refractivity contribution in [2.45, 2.75) is 15.4 Å². The standard InChI is InChI=1S/C18H12F3N3OS2/c19-18(20,21)13-5-3-4-12(10-13)17(25)24-23-11-14-7-8-16(26-14)27-15-6-1-2-9-22-15/h1-11H,(H,24,25)/b23-11+. The number of hydrogen-bond donors (Lipinski definition) is 1. The highest BCUT2D eigenvalue weighted by Crippen LogP contribution is 2.31. The van der Waals surface area contributed by atoms with E-state index in [1.807, 2.05) is 30.3 Å². The lowest BCUT2D eigenvalue weighted by molar-refractivity contribution is -0.137. The van der Waals surface area contributed by atoms with Crippen LogP contribution >= 0.6 is 23.1 Å². The van der Waals surface area contributed by atoms with Crippen molar-refractivity contribution in [3.63, 3.8) is 0 Å². The van der Waals surface area contributed by atoms with E-state index < -0.39 is 17.6 Å². The van der Waals surface area contributed by atoms with Gasteiger partial charge in [0.25, 0.3) is 5.91 Å². The van der Waals surface area contributed by atoms with Gasteiger partial charge in [-0.3, -0.25) is 4.79 Å². The molecule has 0 radical (unpaired) electrons. The number of nitrogens with zero attached hydrogens (tertiary/aromatic N) is 2. The molecule has 0 aliphatic carbocycles. The number of carbonyl (C=O) groups excluding carboxylic acids is 1. The number of rotatable bonds is 5. The lowest BCUT2D eigenvalue weighted by Gasteiger charge is -2.07. The van der Waals surface area contributed by atoms with Gasteiger partial charge >= 0.3 is 6.18 Å². The monoisotopic (exact) mass is 407 g/mol. The fourth-order valence-electron chi connectivity index (χ4n) is 2.02. The van der Waals surface area contributed by atoms with Crippen LogP contribution < -0.4 is 5.43 Å². The molecule has 0 fully saturated rings. The molecule has 9 heteroatoms. The molecule has 1 aromatic carbocycles. The van der Waals surface area contributed by atoms with Crippen molar-refractivity contribution in [1.29, 1.82) is 0 Å². The molecule has 1 amide bonds. The van der Waals surface area contributed by atoms with Crippen LogP contribution in [0, 0.1) is 0 Å². The normalized spacial score (nSPS) is 11.7. The van der Waals surface area contributed by atoms with Crippen LogP contribution in [0.2, 0.25) is 0 Å². The summed E-state index contributed by atoms with van der Waals surface area (Å²) in [7, 11) is 0. The summed E-state index contributed by atoms with van der Waals surface area (Å²) < 4.78 is 39.1. The molecule has 2 aromatic heterocycles. The summed E-state index contributed by atoms with van der Waals surface area (Å²) in [5, 5.41) is 4.67. The fourth-order valence-corrected chi connectivity index (χ4v) is 3.95. The molecule has 0 unspecified atom stereocenters. The molecule has 0 aliphatic rings. The summed E-state index contributed by atoms with van der Waals surface area (Å²) >= 11 is 2.96. The maximum atomic E-state index is 12.7. The molecule has 0 bridgehead atoms. The Morgan fingerprint density at radius 2 is 2.00 bits per heavy atom. The SMILES string of the molecule is O=C(N/N=C/c1ccc(Sc2ccccn2)s1)c1cccc(C(F)(F)F)c1. The van der Waals surface area contributed by atoms with Gasteiger partial charge in [-0.1, -0.05) is 23.9 Å². The smallest absolute Gasteiger partial charge is 0.267 e. The molecule has 138 valence electrons. The van der Waals surface area contributed by atoms with Crippen LogP contribution in [0.5, 0.6) is 0 Å². The molecular weight excluding hydrogens is 395 g/mol. The third-order valence-corrected chi connectivity index (χ3v) is 5.36. The third kappa shape index (κ3) is 5.41. The van der Waals surface area contributed by atoms with Gasteiger partial charge in [0.05, 0.1) is 16.0 Å². The molecular formula is C18H12F3N3OS2. The Labute approximate surface area is 161 Å². The molecule has 0 saturated heterocycles. The highest BCUT2D eigenvalue weighted by atomic mass is 32.2. The number of hydrazone groups is 1. The van der Waals surface area contributed by atoms with Crippen molar-refractivity contribution in [1.82, 2.24) is 10.4 Å². The van der Waals surface area contributed by atoms with Crippen LogP contribution in [0.3, 0.4) is 0 Å². The first-order valence-corrected chi connectivity index (χ1v) is 9.24. The first-order chi connectivity index (χ1) is 12.9. The van der Waals surface area contributed by atoms with Gasteiger partial charge in [-0.05, 0) is 42.5 Å². The minimum absolute atomic E-state index is 0.112. The molecule has 0 aliphatic heterocycles. The molecule has 27 heavy (non-hydrogen) atoms. The van der Waals surface area contributed by atoms with Gasteiger partial charge in [0.2, 0.25) is 0 Å². The Morgan fingerprint density at radius 3 is 2.74 bits per heavy atom. The third-order valence-electron chi connectivity index (χ3n) is 3.26. The quantitative estimate of drug-likeness (QED) is 0.474. The Hall–Kier alpha value is -2.65. The van der Waals surface area contributed by atoms with E-state index in [4.69, 9.17) is 0 Å². The summed E-state index contributed by atoms with van der Waals surface area (Å²) in [5.41, 5.74) is 1.24. The second-order valence-electron chi connectivity index (χ2n) is 5.20. The predicted octanol–water partition coefficient (Wildman–Crippen LogP) is 5.08. The molecule has 0 spiro atoms. The van der Waals surface area contributed by atoms with E-state index in [2.05, 4.69) is 15.5 Å². The maximum Gasteiger partial charge on any atom is 0.416 e. The van der Waals surface area contributed by atoms with E-state index in [0.29, 0.717) is 0 Å². The van der Waals surface area contributed by atoms with Crippen molar-refractivity contribution < 1.29 is 18.0 Å². The minimum Gasteiger partial charge on any atom is -0.267 e. The van der Waals surface area contributed by atoms with Gasteiger partial charge < -0.3 is 0 Å². The van der Waals surface area contributed by atoms with Gasteiger partial charge in [-0.15, -0.1) is 11.3 Å². The average molecular weight is 407 g/mol. The zero-order chi connectivity index (χ0) is 19.3. The van der Waals surface area contributed by atoms with Crippen LogP contribution in [0.25, 0.3) is 0 Å². The first-order valence-electron chi connectivity index (χ1n) is 7.61. The number of alkyl halides is 3. The highest BCUT2D eigenvalue weighted by Gasteiger charge is 2.30. The molecule has 3 aromatic rings. The molecule has 4 nitrogen and oxygen atoms in total. The maximum absolute atomic E-state index is 12.7. The van der Waals surface area contributed by atoms with Gasteiger partial charge in [-0.25, -0.2) is 10.4 Å². The highest BCUT2D eigenvalue weighted by molar-refractivity contribution is 8.01. The Kier molecular flexibility index (Phi) is 5.92. The van der Waals surface area contributed by atoms with Gasteiger partial charge in [0.1, 0.15) is 5.03 Å². The number of halogens is 3. The zero-order valence-corrected chi connectivity index (χ0v) is 15.2. The molecule has 2 heterocycles. The fraction of sp³-hybridized carbons (Fsp3) is 0.0556. The number of thiophene rings is 1. The van der Waals surface area contributed by atoms with Crippen LogP contribution in [0.15, 0.2) is 75.1 Å². The molecule has 3 rings (SSSR count). The van der Waals surface area contributed by atoms with Crippen molar-refractivity contribution in [3.8, 4) is 0 Å². The number of nitrogens with one attached hydrogen (secondary N) is 1. The van der Waals surface area contributed by atoms with E-state index >= 15 is 0 Å². The Morgan fingerprint density at radius 1 is 1.15 bits per heavy atom. The molecule has 0 atom stereocenters. The van der Waals surface area contributed by atoms with Crippen molar-refractivity contribution in [2.75, 3.05) is 0 Å².